The molecule has 0 saturated carbocycles. The molecular weight excluding hydrogens is 364 g/mol. The van der Waals surface area contributed by atoms with Crippen LogP contribution in [0.3, 0.4) is 0 Å². The monoisotopic (exact) mass is 382 g/mol. The average Bonchev–Trinajstić information content (AvgIpc) is 3.36. The number of aromatic nitrogens is 1. The number of ether oxygens (including phenoxy) is 2. The van der Waals surface area contributed by atoms with Crippen molar-refractivity contribution in [2.45, 2.75) is 13.3 Å². The Bertz CT molecular complexity index is 937. The van der Waals surface area contributed by atoms with Crippen molar-refractivity contribution >= 4 is 34.3 Å². The summed E-state index contributed by atoms with van der Waals surface area (Å²) in [6, 6.07) is 11.9. The fourth-order valence-corrected chi connectivity index (χ4v) is 3.89. The van der Waals surface area contributed by atoms with E-state index in [9.17, 15) is 5.26 Å². The number of hydrogen-bond donors (Lipinski definition) is 0. The second-order valence-electron chi connectivity index (χ2n) is 5.44. The lowest BCUT2D eigenvalue weighted by Gasteiger charge is -2.10. The number of nitriles is 1. The fraction of sp³-hybridized carbons (Fsp3) is 0.200. The van der Waals surface area contributed by atoms with Crippen LogP contribution in [0.15, 0.2) is 41.1 Å². The summed E-state index contributed by atoms with van der Waals surface area (Å²) in [4.78, 5) is 5.70. The van der Waals surface area contributed by atoms with E-state index >= 15 is 0 Å². The average molecular weight is 383 g/mol. The van der Waals surface area contributed by atoms with Gasteiger partial charge in [-0.15, -0.1) is 22.7 Å². The van der Waals surface area contributed by atoms with Gasteiger partial charge in [-0.1, -0.05) is 19.1 Å². The van der Waals surface area contributed by atoms with Crippen LogP contribution in [0.5, 0.6) is 11.5 Å². The molecule has 0 spiro atoms. The molecule has 0 fully saturated rings. The fourth-order valence-electron chi connectivity index (χ4n) is 2.35. The molecule has 0 aliphatic carbocycles. The highest BCUT2D eigenvalue weighted by molar-refractivity contribution is 7.14. The molecule has 0 aliphatic rings. The molecule has 1 aromatic carbocycles. The Morgan fingerprint density at radius 3 is 2.85 bits per heavy atom. The molecule has 0 amide bonds. The van der Waals surface area contributed by atoms with Crippen molar-refractivity contribution in [1.82, 2.24) is 4.98 Å². The number of methoxy groups -OCH3 is 1. The molecule has 4 nitrogen and oxygen atoms in total. The predicted octanol–water partition coefficient (Wildman–Crippen LogP) is 5.73. The maximum atomic E-state index is 9.57. The van der Waals surface area contributed by atoms with Crippen LogP contribution in [0.1, 0.15) is 23.9 Å². The van der Waals surface area contributed by atoms with Crippen molar-refractivity contribution in [3.63, 3.8) is 0 Å². The summed E-state index contributed by atoms with van der Waals surface area (Å²) in [5.74, 6) is 1.36. The molecule has 2 aromatic heterocycles. The minimum Gasteiger partial charge on any atom is -0.493 e. The molecule has 0 atom stereocenters. The normalized spacial score (nSPS) is 11.2. The number of thiophene rings is 1. The highest BCUT2D eigenvalue weighted by Crippen LogP contribution is 2.32. The number of rotatable bonds is 7. The lowest BCUT2D eigenvalue weighted by atomic mass is 10.1. The van der Waals surface area contributed by atoms with Gasteiger partial charge in [0, 0.05) is 5.38 Å². The Kier molecular flexibility index (Phi) is 6.05. The third-order valence-corrected chi connectivity index (χ3v) is 5.36. The van der Waals surface area contributed by atoms with Crippen molar-refractivity contribution in [3.05, 3.63) is 51.7 Å². The van der Waals surface area contributed by atoms with Gasteiger partial charge in [-0.2, -0.15) is 5.26 Å². The summed E-state index contributed by atoms with van der Waals surface area (Å²) >= 11 is 3.11. The molecule has 6 heteroatoms. The van der Waals surface area contributed by atoms with E-state index in [4.69, 9.17) is 9.47 Å². The minimum atomic E-state index is 0.530. The van der Waals surface area contributed by atoms with Gasteiger partial charge in [0.05, 0.1) is 29.9 Å². The summed E-state index contributed by atoms with van der Waals surface area (Å²) in [5, 5.41) is 14.3. The van der Waals surface area contributed by atoms with E-state index < -0.39 is 0 Å². The Labute approximate surface area is 161 Å². The number of nitrogens with zero attached hydrogens (tertiary/aromatic N) is 2. The number of thiazole rings is 1. The van der Waals surface area contributed by atoms with Gasteiger partial charge in [-0.3, -0.25) is 0 Å². The van der Waals surface area contributed by atoms with Gasteiger partial charge < -0.3 is 9.47 Å². The molecule has 0 N–H and O–H groups in total. The molecule has 0 saturated heterocycles. The first-order valence-electron chi connectivity index (χ1n) is 8.17. The van der Waals surface area contributed by atoms with E-state index in [1.165, 1.54) is 11.3 Å². The van der Waals surface area contributed by atoms with E-state index in [1.807, 2.05) is 47.2 Å². The summed E-state index contributed by atoms with van der Waals surface area (Å²) in [5.41, 5.74) is 2.30. The number of benzene rings is 1. The second-order valence-corrected chi connectivity index (χ2v) is 7.25. The highest BCUT2D eigenvalue weighted by Gasteiger charge is 2.11. The Hall–Kier alpha value is -2.62. The van der Waals surface area contributed by atoms with Crippen LogP contribution < -0.4 is 9.47 Å². The number of allylic oxidation sites excluding steroid dienone is 1. The lowest BCUT2D eigenvalue weighted by molar-refractivity contribution is 0.294. The van der Waals surface area contributed by atoms with Crippen molar-refractivity contribution in [3.8, 4) is 28.1 Å². The van der Waals surface area contributed by atoms with E-state index in [0.29, 0.717) is 28.7 Å². The van der Waals surface area contributed by atoms with Gasteiger partial charge in [0.15, 0.2) is 11.5 Å². The molecule has 3 rings (SSSR count). The van der Waals surface area contributed by atoms with Gasteiger partial charge in [-0.05, 0) is 41.6 Å². The summed E-state index contributed by atoms with van der Waals surface area (Å²) < 4.78 is 11.1. The molecule has 0 aliphatic heterocycles. The van der Waals surface area contributed by atoms with Crippen LogP contribution in [0.4, 0.5) is 0 Å². The molecular formula is C20H18N2O2S2. The molecule has 2 heterocycles. The Morgan fingerprint density at radius 1 is 1.27 bits per heavy atom. The summed E-state index contributed by atoms with van der Waals surface area (Å²) in [6.45, 7) is 2.70. The third-order valence-electron chi connectivity index (χ3n) is 3.59. The topological polar surface area (TPSA) is 55.1 Å². The Balaban J connectivity index is 1.88. The minimum absolute atomic E-state index is 0.530. The summed E-state index contributed by atoms with van der Waals surface area (Å²) in [7, 11) is 1.61. The first kappa shape index (κ1) is 18.2. The largest absolute Gasteiger partial charge is 0.493 e. The molecule has 26 heavy (non-hydrogen) atoms. The van der Waals surface area contributed by atoms with Gasteiger partial charge in [0.25, 0.3) is 0 Å². The zero-order valence-electron chi connectivity index (χ0n) is 14.6. The van der Waals surface area contributed by atoms with E-state index in [2.05, 4.69) is 18.0 Å². The van der Waals surface area contributed by atoms with Gasteiger partial charge >= 0.3 is 0 Å². The molecule has 0 bridgehead atoms. The van der Waals surface area contributed by atoms with Crippen LogP contribution in [-0.4, -0.2) is 18.7 Å². The maximum Gasteiger partial charge on any atom is 0.161 e. The smallest absolute Gasteiger partial charge is 0.161 e. The van der Waals surface area contributed by atoms with Crippen LogP contribution in [-0.2, 0) is 0 Å². The quantitative estimate of drug-likeness (QED) is 0.489. The molecule has 3 aromatic rings. The first-order valence-corrected chi connectivity index (χ1v) is 9.93. The van der Waals surface area contributed by atoms with Crippen molar-refractivity contribution in [2.75, 3.05) is 13.7 Å². The van der Waals surface area contributed by atoms with Gasteiger partial charge in [0.2, 0.25) is 0 Å². The van der Waals surface area contributed by atoms with Crippen LogP contribution >= 0.6 is 22.7 Å². The van der Waals surface area contributed by atoms with Crippen LogP contribution in [0.25, 0.3) is 22.2 Å². The van der Waals surface area contributed by atoms with E-state index in [1.54, 1.807) is 18.4 Å². The SMILES string of the molecule is CCCOc1ccc(/C=C(/C#N)c2nc(-c3cccs3)cs2)cc1OC. The van der Waals surface area contributed by atoms with Crippen molar-refractivity contribution in [2.24, 2.45) is 0 Å². The third kappa shape index (κ3) is 4.13. The first-order chi connectivity index (χ1) is 12.7. The zero-order valence-corrected chi connectivity index (χ0v) is 16.2. The maximum absolute atomic E-state index is 9.57. The van der Waals surface area contributed by atoms with Gasteiger partial charge in [-0.25, -0.2) is 4.98 Å². The molecule has 0 radical (unpaired) electrons. The zero-order chi connectivity index (χ0) is 18.4. The van der Waals surface area contributed by atoms with Crippen molar-refractivity contribution < 1.29 is 9.47 Å². The van der Waals surface area contributed by atoms with Gasteiger partial charge in [0.1, 0.15) is 11.1 Å². The van der Waals surface area contributed by atoms with E-state index in [0.717, 1.165) is 22.6 Å². The number of hydrogen-bond acceptors (Lipinski definition) is 6. The standard InChI is InChI=1S/C20H18N2O2S2/c1-3-8-24-17-7-6-14(11-18(17)23-2)10-15(12-21)20-22-16(13-26-20)19-5-4-9-25-19/h4-7,9-11,13H,3,8H2,1-2H3/b15-10-. The highest BCUT2D eigenvalue weighted by atomic mass is 32.1. The molecule has 0 unspecified atom stereocenters. The van der Waals surface area contributed by atoms with Crippen LogP contribution in [0.2, 0.25) is 0 Å². The second kappa shape index (κ2) is 8.65. The molecule has 132 valence electrons. The summed E-state index contributed by atoms with van der Waals surface area (Å²) in [6.07, 6.45) is 2.75. The lowest BCUT2D eigenvalue weighted by Crippen LogP contribution is -1.97. The Morgan fingerprint density at radius 2 is 2.15 bits per heavy atom. The van der Waals surface area contributed by atoms with Crippen molar-refractivity contribution in [1.29, 1.82) is 5.26 Å². The van der Waals surface area contributed by atoms with Crippen LogP contribution in [0, 0.1) is 11.3 Å². The predicted molar refractivity (Wildman–Crippen MR) is 108 cm³/mol. The van der Waals surface area contributed by atoms with E-state index in [-0.39, 0.29) is 0 Å².